The van der Waals surface area contributed by atoms with Crippen LogP contribution in [0, 0.1) is 6.92 Å². The van der Waals surface area contributed by atoms with Crippen molar-refractivity contribution in [3.8, 4) is 22.3 Å². The van der Waals surface area contributed by atoms with Crippen molar-refractivity contribution in [2.24, 2.45) is 0 Å². The second-order valence-electron chi connectivity index (χ2n) is 4.95. The lowest BCUT2D eigenvalue weighted by Crippen LogP contribution is -2.11. The molecule has 25 heavy (non-hydrogen) atoms. The first-order valence-electron chi connectivity index (χ1n) is 7.07. The van der Waals surface area contributed by atoms with Crippen LogP contribution in [0.25, 0.3) is 10.8 Å². The quantitative estimate of drug-likeness (QED) is 0.700. The molecule has 2 heterocycles. The molecule has 2 aromatic heterocycles. The molecule has 0 aliphatic heterocycles. The van der Waals surface area contributed by atoms with Gasteiger partial charge in [-0.15, -0.1) is 21.5 Å². The SMILES string of the molecule is COc1cc(NS(=O)(=O)c2ccc(-c3nnc(C)o3)s2)cc(OC)c1. The normalized spacial score (nSPS) is 11.3. The van der Waals surface area contributed by atoms with E-state index in [0.29, 0.717) is 28.0 Å². The third-order valence-electron chi connectivity index (χ3n) is 3.19. The van der Waals surface area contributed by atoms with Crippen LogP contribution < -0.4 is 14.2 Å². The Morgan fingerprint density at radius 1 is 1.08 bits per heavy atom. The number of anilines is 1. The Bertz CT molecular complexity index is 972. The third-order valence-corrected chi connectivity index (χ3v) is 6.13. The van der Waals surface area contributed by atoms with E-state index in [9.17, 15) is 8.42 Å². The van der Waals surface area contributed by atoms with Gasteiger partial charge >= 0.3 is 0 Å². The number of nitrogens with zero attached hydrogens (tertiary/aromatic N) is 2. The Kier molecular flexibility index (Phi) is 4.64. The molecule has 0 aliphatic rings. The van der Waals surface area contributed by atoms with Crippen LogP contribution in [0.5, 0.6) is 11.5 Å². The van der Waals surface area contributed by atoms with Crippen molar-refractivity contribution < 1.29 is 22.3 Å². The van der Waals surface area contributed by atoms with Crippen LogP contribution in [0.1, 0.15) is 5.89 Å². The van der Waals surface area contributed by atoms with Gasteiger partial charge in [0.15, 0.2) is 0 Å². The fourth-order valence-corrected chi connectivity index (χ4v) is 4.32. The molecule has 0 unspecified atom stereocenters. The molecule has 0 saturated heterocycles. The van der Waals surface area contributed by atoms with Gasteiger partial charge in [-0.3, -0.25) is 4.72 Å². The van der Waals surface area contributed by atoms with Gasteiger partial charge in [-0.05, 0) is 12.1 Å². The van der Waals surface area contributed by atoms with E-state index in [2.05, 4.69) is 14.9 Å². The van der Waals surface area contributed by atoms with E-state index in [1.807, 2.05) is 0 Å². The van der Waals surface area contributed by atoms with Gasteiger partial charge in [-0.25, -0.2) is 8.42 Å². The summed E-state index contributed by atoms with van der Waals surface area (Å²) in [5, 5.41) is 7.62. The minimum Gasteiger partial charge on any atom is -0.497 e. The summed E-state index contributed by atoms with van der Waals surface area (Å²) in [5.41, 5.74) is 0.333. The number of nitrogens with one attached hydrogen (secondary N) is 1. The van der Waals surface area contributed by atoms with E-state index in [1.165, 1.54) is 20.3 Å². The molecule has 0 aliphatic carbocycles. The lowest BCUT2D eigenvalue weighted by Gasteiger charge is -2.10. The van der Waals surface area contributed by atoms with Crippen LogP contribution in [0.2, 0.25) is 0 Å². The molecular weight excluding hydrogens is 366 g/mol. The minimum absolute atomic E-state index is 0.125. The second kappa shape index (κ2) is 6.73. The molecule has 10 heteroatoms. The maximum atomic E-state index is 12.6. The Morgan fingerprint density at radius 2 is 1.76 bits per heavy atom. The van der Waals surface area contributed by atoms with Gasteiger partial charge in [-0.1, -0.05) is 0 Å². The Labute approximate surface area is 148 Å². The summed E-state index contributed by atoms with van der Waals surface area (Å²) >= 11 is 1.04. The van der Waals surface area contributed by atoms with Gasteiger partial charge in [0, 0.05) is 25.1 Å². The standard InChI is InChI=1S/C15H15N3O5S2/c1-9-16-17-15(23-9)13-4-5-14(24-13)25(19,20)18-10-6-11(21-2)8-12(7-10)22-3/h4-8,18H,1-3H3. The summed E-state index contributed by atoms with van der Waals surface area (Å²) in [6.45, 7) is 1.67. The molecule has 0 amide bonds. The minimum atomic E-state index is -3.78. The van der Waals surface area contributed by atoms with Gasteiger partial charge in [0.2, 0.25) is 5.89 Å². The molecule has 1 N–H and O–H groups in total. The van der Waals surface area contributed by atoms with Crippen LogP contribution in [0.3, 0.4) is 0 Å². The van der Waals surface area contributed by atoms with Crippen LogP contribution >= 0.6 is 11.3 Å². The number of ether oxygens (including phenoxy) is 2. The Hall–Kier alpha value is -2.59. The second-order valence-corrected chi connectivity index (χ2v) is 7.94. The number of aryl methyl sites for hydroxylation is 1. The number of sulfonamides is 1. The molecule has 0 fully saturated rings. The molecular formula is C15H15N3O5S2. The van der Waals surface area contributed by atoms with E-state index < -0.39 is 10.0 Å². The van der Waals surface area contributed by atoms with E-state index in [1.54, 1.807) is 31.2 Å². The van der Waals surface area contributed by atoms with Crippen molar-refractivity contribution in [2.45, 2.75) is 11.1 Å². The number of hydrogen-bond acceptors (Lipinski definition) is 8. The maximum Gasteiger partial charge on any atom is 0.271 e. The van der Waals surface area contributed by atoms with Crippen molar-refractivity contribution >= 4 is 27.0 Å². The topological polar surface area (TPSA) is 104 Å². The summed E-state index contributed by atoms with van der Waals surface area (Å²) in [4.78, 5) is 0.573. The van der Waals surface area contributed by atoms with Crippen LogP contribution in [-0.4, -0.2) is 32.8 Å². The molecule has 3 aromatic rings. The lowest BCUT2D eigenvalue weighted by atomic mass is 10.3. The summed E-state index contributed by atoms with van der Waals surface area (Å²) in [6, 6.07) is 7.89. The average Bonchev–Trinajstić information content (AvgIpc) is 3.23. The molecule has 132 valence electrons. The maximum absolute atomic E-state index is 12.6. The molecule has 3 rings (SSSR count). The molecule has 8 nitrogen and oxygen atoms in total. The number of hydrogen-bond donors (Lipinski definition) is 1. The summed E-state index contributed by atoms with van der Waals surface area (Å²) < 4.78 is 43.4. The number of aromatic nitrogens is 2. The zero-order valence-electron chi connectivity index (χ0n) is 13.6. The third kappa shape index (κ3) is 3.74. The smallest absolute Gasteiger partial charge is 0.271 e. The van der Waals surface area contributed by atoms with Crippen molar-refractivity contribution in [1.29, 1.82) is 0 Å². The van der Waals surface area contributed by atoms with Crippen molar-refractivity contribution in [1.82, 2.24) is 10.2 Å². The van der Waals surface area contributed by atoms with Gasteiger partial charge in [0.1, 0.15) is 15.7 Å². The van der Waals surface area contributed by atoms with Gasteiger partial charge in [0.25, 0.3) is 15.9 Å². The van der Waals surface area contributed by atoms with Crippen LogP contribution in [-0.2, 0) is 10.0 Å². The first kappa shape index (κ1) is 17.2. The highest BCUT2D eigenvalue weighted by Crippen LogP contribution is 2.32. The molecule has 0 bridgehead atoms. The van der Waals surface area contributed by atoms with E-state index >= 15 is 0 Å². The highest BCUT2D eigenvalue weighted by atomic mass is 32.2. The summed E-state index contributed by atoms with van der Waals surface area (Å²) in [7, 11) is -0.794. The fourth-order valence-electron chi connectivity index (χ4n) is 2.05. The van der Waals surface area contributed by atoms with E-state index in [4.69, 9.17) is 13.9 Å². The van der Waals surface area contributed by atoms with Gasteiger partial charge < -0.3 is 13.9 Å². The Balaban J connectivity index is 1.89. The zero-order chi connectivity index (χ0) is 18.0. The lowest BCUT2D eigenvalue weighted by molar-refractivity contribution is 0.395. The molecule has 1 aromatic carbocycles. The predicted molar refractivity (Wildman–Crippen MR) is 92.7 cm³/mol. The van der Waals surface area contributed by atoms with Crippen molar-refractivity contribution in [2.75, 3.05) is 18.9 Å². The number of methoxy groups -OCH3 is 2. The number of rotatable bonds is 6. The highest BCUT2D eigenvalue weighted by molar-refractivity contribution is 7.94. The van der Waals surface area contributed by atoms with E-state index in [-0.39, 0.29) is 10.1 Å². The highest BCUT2D eigenvalue weighted by Gasteiger charge is 2.20. The first-order valence-corrected chi connectivity index (χ1v) is 9.37. The van der Waals surface area contributed by atoms with Crippen LogP contribution in [0.15, 0.2) is 39.0 Å². The number of thiophene rings is 1. The Morgan fingerprint density at radius 3 is 2.32 bits per heavy atom. The van der Waals surface area contributed by atoms with Gasteiger partial charge in [-0.2, -0.15) is 0 Å². The van der Waals surface area contributed by atoms with Gasteiger partial charge in [0.05, 0.1) is 24.8 Å². The molecule has 0 atom stereocenters. The molecule has 0 spiro atoms. The van der Waals surface area contributed by atoms with Crippen molar-refractivity contribution in [3.05, 3.63) is 36.2 Å². The van der Waals surface area contributed by atoms with Crippen LogP contribution in [0.4, 0.5) is 5.69 Å². The largest absolute Gasteiger partial charge is 0.497 e. The zero-order valence-corrected chi connectivity index (χ0v) is 15.3. The average molecular weight is 381 g/mol. The van der Waals surface area contributed by atoms with E-state index in [0.717, 1.165) is 11.3 Å². The van der Waals surface area contributed by atoms with Crippen molar-refractivity contribution in [3.63, 3.8) is 0 Å². The first-order chi connectivity index (χ1) is 11.9. The molecule has 0 saturated carbocycles. The summed E-state index contributed by atoms with van der Waals surface area (Å²) in [6.07, 6.45) is 0. The predicted octanol–water partition coefficient (Wildman–Crippen LogP) is 2.92. The molecule has 0 radical (unpaired) electrons. The monoisotopic (exact) mass is 381 g/mol. The number of benzene rings is 1. The summed E-state index contributed by atoms with van der Waals surface area (Å²) in [5.74, 6) is 1.65. The fraction of sp³-hybridized carbons (Fsp3) is 0.200.